The number of carbonyl (C=O) groups is 3. The summed E-state index contributed by atoms with van der Waals surface area (Å²) in [5.41, 5.74) is 0.249. The second kappa shape index (κ2) is 9.97. The quantitative estimate of drug-likeness (QED) is 0.522. The number of esters is 1. The minimum Gasteiger partial charge on any atom is -0.467 e. The molecule has 25 heavy (non-hydrogen) atoms. The molecule has 0 spiro atoms. The van der Waals surface area contributed by atoms with Gasteiger partial charge in [-0.3, -0.25) is 4.79 Å². The first kappa shape index (κ1) is 20.9. The van der Waals surface area contributed by atoms with Crippen LogP contribution in [0, 0.1) is 11.3 Å². The maximum absolute atomic E-state index is 12.8. The molecular formula is C20H29NO4. The standard InChI is InChI=1S/C20H29NO4/c1-5-15(2)20(3,13-14-22)19(24)21-17(18(23)25-4)12-11-16-9-7-6-8-10-16/h6-10,14-15,17H,5,11-13H2,1-4H3,(H,21,24)/t15?,17?,20-/m1/s1. The Morgan fingerprint density at radius 2 is 1.92 bits per heavy atom. The summed E-state index contributed by atoms with van der Waals surface area (Å²) in [5.74, 6) is -0.732. The third kappa shape index (κ3) is 5.69. The fourth-order valence-electron chi connectivity index (χ4n) is 2.81. The van der Waals surface area contributed by atoms with Crippen molar-refractivity contribution in [2.75, 3.05) is 7.11 Å². The molecule has 0 aliphatic rings. The zero-order valence-corrected chi connectivity index (χ0v) is 15.6. The fourth-order valence-corrected chi connectivity index (χ4v) is 2.81. The number of methoxy groups -OCH3 is 1. The molecule has 0 radical (unpaired) electrons. The van der Waals surface area contributed by atoms with Gasteiger partial charge in [0, 0.05) is 6.42 Å². The fraction of sp³-hybridized carbons (Fsp3) is 0.550. The first-order chi connectivity index (χ1) is 11.9. The molecule has 0 saturated carbocycles. The Morgan fingerprint density at radius 1 is 1.28 bits per heavy atom. The van der Waals surface area contributed by atoms with E-state index in [0.29, 0.717) is 12.8 Å². The lowest BCUT2D eigenvalue weighted by molar-refractivity contribution is -0.147. The molecule has 1 N–H and O–H groups in total. The molecule has 1 amide bonds. The third-order valence-electron chi connectivity index (χ3n) is 5.08. The molecule has 0 saturated heterocycles. The van der Waals surface area contributed by atoms with Crippen molar-refractivity contribution in [3.05, 3.63) is 35.9 Å². The van der Waals surface area contributed by atoms with Crippen LogP contribution in [0.2, 0.25) is 0 Å². The topological polar surface area (TPSA) is 72.5 Å². The summed E-state index contributed by atoms with van der Waals surface area (Å²) in [7, 11) is 1.31. The van der Waals surface area contributed by atoms with Crippen LogP contribution in [0.25, 0.3) is 0 Å². The van der Waals surface area contributed by atoms with Gasteiger partial charge >= 0.3 is 5.97 Å². The van der Waals surface area contributed by atoms with Crippen LogP contribution < -0.4 is 5.32 Å². The highest BCUT2D eigenvalue weighted by molar-refractivity contribution is 5.89. The van der Waals surface area contributed by atoms with Gasteiger partial charge in [-0.15, -0.1) is 0 Å². The molecule has 5 heteroatoms. The summed E-state index contributed by atoms with van der Waals surface area (Å²) >= 11 is 0. The maximum Gasteiger partial charge on any atom is 0.328 e. The highest BCUT2D eigenvalue weighted by Crippen LogP contribution is 2.33. The van der Waals surface area contributed by atoms with Gasteiger partial charge in [0.1, 0.15) is 12.3 Å². The monoisotopic (exact) mass is 347 g/mol. The van der Waals surface area contributed by atoms with Crippen LogP contribution in [0.5, 0.6) is 0 Å². The SMILES string of the molecule is CCC(C)[C@@](C)(CC=O)C(=O)NC(CCc1ccccc1)C(=O)OC. The summed E-state index contributed by atoms with van der Waals surface area (Å²) in [6, 6.07) is 9.03. The number of carbonyl (C=O) groups excluding carboxylic acids is 3. The van der Waals surface area contributed by atoms with E-state index < -0.39 is 17.4 Å². The van der Waals surface area contributed by atoms with Crippen molar-refractivity contribution in [3.8, 4) is 0 Å². The Hall–Kier alpha value is -2.17. The lowest BCUT2D eigenvalue weighted by atomic mass is 9.73. The normalized spacial score (nSPS) is 15.5. The number of aryl methyl sites for hydroxylation is 1. The van der Waals surface area contributed by atoms with Crippen molar-refractivity contribution in [3.63, 3.8) is 0 Å². The van der Waals surface area contributed by atoms with Crippen LogP contribution in [0.3, 0.4) is 0 Å². The van der Waals surface area contributed by atoms with Crippen LogP contribution in [0.1, 0.15) is 45.6 Å². The molecule has 138 valence electrons. The van der Waals surface area contributed by atoms with E-state index in [1.165, 1.54) is 7.11 Å². The van der Waals surface area contributed by atoms with E-state index in [0.717, 1.165) is 18.3 Å². The molecule has 1 aromatic rings. The predicted octanol–water partition coefficient (Wildman–Crippen LogP) is 2.92. The van der Waals surface area contributed by atoms with Gasteiger partial charge in [0.2, 0.25) is 5.91 Å². The van der Waals surface area contributed by atoms with E-state index in [1.807, 2.05) is 44.2 Å². The van der Waals surface area contributed by atoms with Crippen molar-refractivity contribution in [1.29, 1.82) is 0 Å². The second-order valence-corrected chi connectivity index (χ2v) is 6.67. The highest BCUT2D eigenvalue weighted by atomic mass is 16.5. The molecular weight excluding hydrogens is 318 g/mol. The van der Waals surface area contributed by atoms with Gasteiger partial charge in [-0.05, 0) is 24.3 Å². The van der Waals surface area contributed by atoms with Crippen LogP contribution in [0.15, 0.2) is 30.3 Å². The molecule has 0 heterocycles. The molecule has 0 fully saturated rings. The smallest absolute Gasteiger partial charge is 0.328 e. The zero-order valence-electron chi connectivity index (χ0n) is 15.6. The summed E-state index contributed by atoms with van der Waals surface area (Å²) in [4.78, 5) is 36.0. The predicted molar refractivity (Wildman–Crippen MR) is 97.0 cm³/mol. The van der Waals surface area contributed by atoms with Crippen molar-refractivity contribution >= 4 is 18.2 Å². The maximum atomic E-state index is 12.8. The minimum absolute atomic E-state index is 0.0186. The average Bonchev–Trinajstić information content (AvgIpc) is 2.64. The lowest BCUT2D eigenvalue weighted by Gasteiger charge is -2.33. The largest absolute Gasteiger partial charge is 0.467 e. The Bertz CT molecular complexity index is 572. The van der Waals surface area contributed by atoms with E-state index >= 15 is 0 Å². The van der Waals surface area contributed by atoms with Gasteiger partial charge in [-0.1, -0.05) is 57.5 Å². The molecule has 0 aromatic heterocycles. The summed E-state index contributed by atoms with van der Waals surface area (Å²) in [6.45, 7) is 5.70. The Kier molecular flexibility index (Phi) is 8.32. The van der Waals surface area contributed by atoms with Gasteiger partial charge in [-0.25, -0.2) is 4.79 Å². The first-order valence-corrected chi connectivity index (χ1v) is 8.75. The molecule has 1 aromatic carbocycles. The molecule has 2 unspecified atom stereocenters. The number of aldehydes is 1. The summed E-state index contributed by atoms with van der Waals surface area (Å²) < 4.78 is 4.84. The van der Waals surface area contributed by atoms with Gasteiger partial charge in [0.05, 0.1) is 12.5 Å². The molecule has 1 rings (SSSR count). The van der Waals surface area contributed by atoms with E-state index in [-0.39, 0.29) is 18.2 Å². The minimum atomic E-state index is -0.838. The Morgan fingerprint density at radius 3 is 2.44 bits per heavy atom. The van der Waals surface area contributed by atoms with Gasteiger partial charge in [0.15, 0.2) is 0 Å². The van der Waals surface area contributed by atoms with Crippen LogP contribution in [-0.2, 0) is 25.5 Å². The number of amides is 1. The van der Waals surface area contributed by atoms with E-state index in [9.17, 15) is 14.4 Å². The van der Waals surface area contributed by atoms with Crippen LogP contribution in [0.4, 0.5) is 0 Å². The molecule has 0 bridgehead atoms. The van der Waals surface area contributed by atoms with Gasteiger partial charge in [-0.2, -0.15) is 0 Å². The van der Waals surface area contributed by atoms with Gasteiger partial charge < -0.3 is 14.8 Å². The number of hydrogen-bond acceptors (Lipinski definition) is 4. The Balaban J connectivity index is 2.87. The third-order valence-corrected chi connectivity index (χ3v) is 5.08. The molecule has 3 atom stereocenters. The van der Waals surface area contributed by atoms with E-state index in [2.05, 4.69) is 5.32 Å². The Labute approximate surface area is 150 Å². The highest BCUT2D eigenvalue weighted by Gasteiger charge is 2.39. The zero-order chi connectivity index (χ0) is 18.9. The van der Waals surface area contributed by atoms with E-state index in [4.69, 9.17) is 4.74 Å². The van der Waals surface area contributed by atoms with Crippen LogP contribution >= 0.6 is 0 Å². The molecule has 5 nitrogen and oxygen atoms in total. The van der Waals surface area contributed by atoms with Crippen molar-refractivity contribution < 1.29 is 19.1 Å². The number of rotatable bonds is 10. The number of nitrogens with one attached hydrogen (secondary N) is 1. The van der Waals surface area contributed by atoms with Crippen molar-refractivity contribution in [2.45, 2.75) is 52.5 Å². The van der Waals surface area contributed by atoms with Crippen molar-refractivity contribution in [2.24, 2.45) is 11.3 Å². The summed E-state index contributed by atoms with van der Waals surface area (Å²) in [5, 5.41) is 2.81. The number of ether oxygens (including phenoxy) is 1. The number of benzene rings is 1. The summed E-state index contributed by atoms with van der Waals surface area (Å²) in [6.07, 6.45) is 2.75. The van der Waals surface area contributed by atoms with E-state index in [1.54, 1.807) is 6.92 Å². The number of hydrogen-bond donors (Lipinski definition) is 1. The molecule has 0 aliphatic carbocycles. The average molecular weight is 347 g/mol. The van der Waals surface area contributed by atoms with Crippen molar-refractivity contribution in [1.82, 2.24) is 5.32 Å². The lowest BCUT2D eigenvalue weighted by Crippen LogP contribution is -2.50. The van der Waals surface area contributed by atoms with Crippen LogP contribution in [-0.4, -0.2) is 31.3 Å². The molecule has 0 aliphatic heterocycles. The first-order valence-electron chi connectivity index (χ1n) is 8.75. The second-order valence-electron chi connectivity index (χ2n) is 6.67. The van der Waals surface area contributed by atoms with Gasteiger partial charge in [0.25, 0.3) is 0 Å².